The van der Waals surface area contributed by atoms with Crippen LogP contribution in [0.25, 0.3) is 0 Å². The Morgan fingerprint density at radius 1 is 1.25 bits per heavy atom. The van der Waals surface area contributed by atoms with Gasteiger partial charge in [0.1, 0.15) is 11.4 Å². The predicted molar refractivity (Wildman–Crippen MR) is 94.3 cm³/mol. The lowest BCUT2D eigenvalue weighted by molar-refractivity contribution is -0.138. The fraction of sp³-hybridized carbons (Fsp3) is 0.550. The molecule has 0 spiro atoms. The topological polar surface area (TPSA) is 38.8 Å². The van der Waals surface area contributed by atoms with Gasteiger partial charge in [-0.05, 0) is 57.4 Å². The van der Waals surface area contributed by atoms with E-state index < -0.39 is 35.3 Å². The van der Waals surface area contributed by atoms with Gasteiger partial charge in [-0.25, -0.2) is 9.18 Å². The monoisotopic (exact) mass is 401 g/mol. The molecule has 0 aliphatic carbocycles. The van der Waals surface area contributed by atoms with E-state index in [1.54, 1.807) is 31.7 Å². The number of halogens is 4. The molecule has 4 nitrogen and oxygen atoms in total. The van der Waals surface area contributed by atoms with E-state index in [0.717, 1.165) is 23.8 Å². The third-order valence-corrected chi connectivity index (χ3v) is 4.67. The Morgan fingerprint density at radius 2 is 1.96 bits per heavy atom. The van der Waals surface area contributed by atoms with Crippen molar-refractivity contribution in [1.82, 2.24) is 4.90 Å². The number of benzene rings is 1. The first-order valence-electron chi connectivity index (χ1n) is 9.08. The van der Waals surface area contributed by atoms with Gasteiger partial charge in [0.15, 0.2) is 0 Å². The Morgan fingerprint density at radius 3 is 2.57 bits per heavy atom. The molecule has 2 unspecified atom stereocenters. The van der Waals surface area contributed by atoms with Gasteiger partial charge < -0.3 is 9.47 Å². The van der Waals surface area contributed by atoms with Crippen molar-refractivity contribution >= 4 is 6.09 Å². The molecule has 0 aromatic heterocycles. The van der Waals surface area contributed by atoms with Crippen LogP contribution in [0.4, 0.5) is 22.4 Å². The third-order valence-electron chi connectivity index (χ3n) is 4.67. The van der Waals surface area contributed by atoms with Crippen LogP contribution in [0, 0.1) is 5.82 Å². The van der Waals surface area contributed by atoms with E-state index in [0.29, 0.717) is 6.42 Å². The second-order valence-corrected chi connectivity index (χ2v) is 8.15. The number of carbonyl (C=O) groups is 1. The summed E-state index contributed by atoms with van der Waals surface area (Å²) in [6.07, 6.45) is -2.96. The number of alkyl halides is 3. The van der Waals surface area contributed by atoms with Gasteiger partial charge >= 0.3 is 12.3 Å². The van der Waals surface area contributed by atoms with Gasteiger partial charge in [0.05, 0.1) is 30.9 Å². The zero-order valence-corrected chi connectivity index (χ0v) is 16.0. The molecule has 8 heteroatoms. The minimum atomic E-state index is -4.56. The van der Waals surface area contributed by atoms with Crippen LogP contribution in [-0.4, -0.2) is 41.9 Å². The number of amides is 1. The summed E-state index contributed by atoms with van der Waals surface area (Å²) < 4.78 is 64.3. The molecule has 154 valence electrons. The van der Waals surface area contributed by atoms with Crippen LogP contribution in [0.5, 0.6) is 0 Å². The second-order valence-electron chi connectivity index (χ2n) is 8.15. The Labute approximate surface area is 161 Å². The molecule has 2 aliphatic heterocycles. The lowest BCUT2D eigenvalue weighted by Gasteiger charge is -2.44. The van der Waals surface area contributed by atoms with Gasteiger partial charge in [0.2, 0.25) is 0 Å². The number of ether oxygens (including phenoxy) is 2. The van der Waals surface area contributed by atoms with Crippen LogP contribution in [0.2, 0.25) is 0 Å². The van der Waals surface area contributed by atoms with Gasteiger partial charge in [0, 0.05) is 0 Å². The number of hydrogen-bond acceptors (Lipinski definition) is 3. The average molecular weight is 401 g/mol. The molecule has 3 rings (SSSR count). The molecular weight excluding hydrogens is 378 g/mol. The Kier molecular flexibility index (Phi) is 5.44. The molecule has 2 bridgehead atoms. The summed E-state index contributed by atoms with van der Waals surface area (Å²) in [5.74, 6) is -0.710. The van der Waals surface area contributed by atoms with Crippen molar-refractivity contribution in [3.8, 4) is 0 Å². The minimum Gasteiger partial charge on any atom is -0.444 e. The fourth-order valence-corrected chi connectivity index (χ4v) is 3.64. The number of morpholine rings is 1. The molecule has 1 saturated heterocycles. The summed E-state index contributed by atoms with van der Waals surface area (Å²) in [6, 6.07) is 1.77. The van der Waals surface area contributed by atoms with Gasteiger partial charge in [-0.3, -0.25) is 4.90 Å². The van der Waals surface area contributed by atoms with Crippen LogP contribution in [0.1, 0.15) is 38.3 Å². The molecule has 0 N–H and O–H groups in total. The van der Waals surface area contributed by atoms with Crippen LogP contribution in [0.3, 0.4) is 0 Å². The number of fused-ring (bicyclic) bond motifs is 2. The van der Waals surface area contributed by atoms with E-state index in [-0.39, 0.29) is 31.2 Å². The third kappa shape index (κ3) is 4.66. The standard InChI is InChI=1S/C20H23F4NO3/c1-19(2,3)28-18(26)25-15-7-12(8-16(25)11-27-10-15)6-13-9-14(21)4-5-17(13)20(22,23)24/h4-5,7,9,15-16H,6,8,10-11H2,1-3H3. The molecule has 2 aliphatic rings. The molecule has 1 aromatic rings. The molecule has 1 fully saturated rings. The normalized spacial score (nSPS) is 22.7. The highest BCUT2D eigenvalue weighted by Crippen LogP contribution is 2.36. The van der Waals surface area contributed by atoms with Crippen LogP contribution in [-0.2, 0) is 22.1 Å². The minimum absolute atomic E-state index is 0.0260. The summed E-state index contributed by atoms with van der Waals surface area (Å²) in [4.78, 5) is 14.1. The highest BCUT2D eigenvalue weighted by Gasteiger charge is 2.40. The fourth-order valence-electron chi connectivity index (χ4n) is 3.64. The van der Waals surface area contributed by atoms with Crippen molar-refractivity contribution in [3.63, 3.8) is 0 Å². The SMILES string of the molecule is CC(C)(C)OC(=O)N1C2C=C(Cc3cc(F)ccc3C(F)(F)F)CC1COC2. The molecule has 1 aromatic carbocycles. The number of hydrogen-bond donors (Lipinski definition) is 0. The quantitative estimate of drug-likeness (QED) is 0.532. The van der Waals surface area contributed by atoms with Crippen molar-refractivity contribution in [2.24, 2.45) is 0 Å². The maximum Gasteiger partial charge on any atom is 0.416 e. The zero-order chi connectivity index (χ0) is 20.7. The lowest BCUT2D eigenvalue weighted by atomic mass is 9.89. The largest absolute Gasteiger partial charge is 0.444 e. The summed E-state index contributed by atoms with van der Waals surface area (Å²) in [5.41, 5.74) is -0.872. The maximum atomic E-state index is 13.6. The lowest BCUT2D eigenvalue weighted by Crippen LogP contribution is -2.57. The number of nitrogens with zero attached hydrogens (tertiary/aromatic N) is 1. The van der Waals surface area contributed by atoms with Crippen molar-refractivity contribution in [2.75, 3.05) is 13.2 Å². The average Bonchev–Trinajstić information content (AvgIpc) is 2.51. The van der Waals surface area contributed by atoms with Gasteiger partial charge in [-0.2, -0.15) is 13.2 Å². The molecule has 28 heavy (non-hydrogen) atoms. The second kappa shape index (κ2) is 7.39. The first-order chi connectivity index (χ1) is 12.9. The summed E-state index contributed by atoms with van der Waals surface area (Å²) >= 11 is 0. The van der Waals surface area contributed by atoms with Crippen LogP contribution in [0.15, 0.2) is 29.8 Å². The van der Waals surface area contributed by atoms with E-state index in [2.05, 4.69) is 0 Å². The number of carbonyl (C=O) groups excluding carboxylic acids is 1. The van der Waals surface area contributed by atoms with E-state index in [9.17, 15) is 22.4 Å². The van der Waals surface area contributed by atoms with E-state index in [4.69, 9.17) is 9.47 Å². The molecule has 0 radical (unpaired) electrons. The van der Waals surface area contributed by atoms with Crippen LogP contribution < -0.4 is 0 Å². The summed E-state index contributed by atoms with van der Waals surface area (Å²) in [5, 5.41) is 0. The van der Waals surface area contributed by atoms with Crippen molar-refractivity contribution in [3.05, 3.63) is 46.8 Å². The van der Waals surface area contributed by atoms with Gasteiger partial charge in [-0.15, -0.1) is 0 Å². The first kappa shape index (κ1) is 20.6. The summed E-state index contributed by atoms with van der Waals surface area (Å²) in [6.45, 7) is 5.83. The van der Waals surface area contributed by atoms with Gasteiger partial charge in [0.25, 0.3) is 0 Å². The highest BCUT2D eigenvalue weighted by molar-refractivity contribution is 5.70. The van der Waals surface area contributed by atoms with Gasteiger partial charge in [-0.1, -0.05) is 11.6 Å². The van der Waals surface area contributed by atoms with E-state index >= 15 is 0 Å². The predicted octanol–water partition coefficient (Wildman–Crippen LogP) is 4.72. The summed E-state index contributed by atoms with van der Waals surface area (Å²) in [7, 11) is 0. The molecule has 1 amide bonds. The van der Waals surface area contributed by atoms with Crippen molar-refractivity contribution in [2.45, 2.75) is 57.5 Å². The Hall–Kier alpha value is -2.09. The highest BCUT2D eigenvalue weighted by atomic mass is 19.4. The van der Waals surface area contributed by atoms with Crippen molar-refractivity contribution < 1.29 is 31.8 Å². The van der Waals surface area contributed by atoms with Crippen molar-refractivity contribution in [1.29, 1.82) is 0 Å². The molecule has 0 saturated carbocycles. The molecule has 2 heterocycles. The smallest absolute Gasteiger partial charge is 0.416 e. The van der Waals surface area contributed by atoms with E-state index in [1.165, 1.54) is 0 Å². The Bertz CT molecular complexity index is 783. The molecule has 2 atom stereocenters. The maximum absolute atomic E-state index is 13.6. The first-order valence-corrected chi connectivity index (χ1v) is 9.08. The Balaban J connectivity index is 1.85. The van der Waals surface area contributed by atoms with Crippen LogP contribution >= 0.6 is 0 Å². The number of rotatable bonds is 2. The van der Waals surface area contributed by atoms with E-state index in [1.807, 2.05) is 0 Å². The molecular formula is C20H23F4NO3. The zero-order valence-electron chi connectivity index (χ0n) is 16.0.